The van der Waals surface area contributed by atoms with E-state index in [0.717, 1.165) is 18.4 Å². The van der Waals surface area contributed by atoms with Gasteiger partial charge in [-0.2, -0.15) is 0 Å². The van der Waals surface area contributed by atoms with Crippen molar-refractivity contribution < 1.29 is 28.5 Å². The van der Waals surface area contributed by atoms with E-state index in [4.69, 9.17) is 9.47 Å². The predicted molar refractivity (Wildman–Crippen MR) is 92.8 cm³/mol. The Labute approximate surface area is 151 Å². The molecule has 2 aromatic carbocycles. The lowest BCUT2D eigenvalue weighted by Gasteiger charge is -2.16. The molecule has 0 aliphatic heterocycles. The highest BCUT2D eigenvalue weighted by Crippen LogP contribution is 2.45. The molecule has 0 unspecified atom stereocenters. The first-order chi connectivity index (χ1) is 12.5. The minimum atomic E-state index is -0.860. The van der Waals surface area contributed by atoms with Crippen LogP contribution in [-0.2, 0) is 18.0 Å². The second-order valence-electron chi connectivity index (χ2n) is 6.31. The smallest absolute Gasteiger partial charge is 0.488 e. The maximum atomic E-state index is 14.0. The van der Waals surface area contributed by atoms with Crippen LogP contribution in [0.4, 0.5) is 9.18 Å². The van der Waals surface area contributed by atoms with Gasteiger partial charge in [0.05, 0.1) is 13.7 Å². The van der Waals surface area contributed by atoms with Crippen molar-refractivity contribution in [3.63, 3.8) is 0 Å². The van der Waals surface area contributed by atoms with E-state index in [1.165, 1.54) is 13.2 Å². The largest absolute Gasteiger partial charge is 0.513 e. The Balaban J connectivity index is 1.88. The van der Waals surface area contributed by atoms with Crippen LogP contribution in [0.15, 0.2) is 30.3 Å². The van der Waals surface area contributed by atoms with Crippen molar-refractivity contribution in [3.8, 4) is 11.5 Å². The molecule has 1 N–H and O–H groups in total. The molecule has 0 bridgehead atoms. The van der Waals surface area contributed by atoms with Gasteiger partial charge in [0, 0.05) is 11.6 Å². The van der Waals surface area contributed by atoms with Crippen LogP contribution in [0.5, 0.6) is 11.5 Å². The highest BCUT2D eigenvalue weighted by molar-refractivity contribution is 5.64. The fourth-order valence-corrected chi connectivity index (χ4v) is 2.82. The normalized spacial score (nSPS) is 13.4. The molecule has 1 fully saturated rings. The van der Waals surface area contributed by atoms with E-state index in [1.807, 2.05) is 6.07 Å². The Hall–Kier alpha value is -2.60. The molecule has 138 valence electrons. The van der Waals surface area contributed by atoms with Crippen LogP contribution >= 0.6 is 0 Å². The first-order valence-electron chi connectivity index (χ1n) is 8.43. The average molecular weight is 360 g/mol. The second-order valence-corrected chi connectivity index (χ2v) is 6.31. The van der Waals surface area contributed by atoms with E-state index in [-0.39, 0.29) is 24.8 Å². The van der Waals surface area contributed by atoms with Gasteiger partial charge in [-0.15, -0.1) is 0 Å². The number of benzene rings is 2. The molecule has 5 nitrogen and oxygen atoms in total. The van der Waals surface area contributed by atoms with Gasteiger partial charge in [-0.3, -0.25) is 0 Å². The second kappa shape index (κ2) is 7.74. The van der Waals surface area contributed by atoms with E-state index in [9.17, 15) is 14.3 Å². The monoisotopic (exact) mass is 360 g/mol. The molecule has 1 aliphatic carbocycles. The molecule has 0 radical (unpaired) electrons. The number of hydrogen-bond donors (Lipinski definition) is 1. The Bertz CT molecular complexity index is 814. The molecule has 1 saturated carbocycles. The summed E-state index contributed by atoms with van der Waals surface area (Å²) in [6.45, 7) is 1.52. The fraction of sp³-hybridized carbons (Fsp3) is 0.350. The van der Waals surface area contributed by atoms with Gasteiger partial charge in [-0.05, 0) is 54.5 Å². The highest BCUT2D eigenvalue weighted by atomic mass is 19.1. The number of ether oxygens (including phenoxy) is 3. The zero-order valence-corrected chi connectivity index (χ0v) is 14.8. The van der Waals surface area contributed by atoms with Gasteiger partial charge in [-0.1, -0.05) is 12.1 Å². The molecule has 1 aliphatic rings. The minimum Gasteiger partial charge on any atom is -0.488 e. The molecule has 0 saturated heterocycles. The van der Waals surface area contributed by atoms with Crippen LogP contribution in [0.1, 0.15) is 41.0 Å². The summed E-state index contributed by atoms with van der Waals surface area (Å²) < 4.78 is 29.5. The third kappa shape index (κ3) is 3.96. The van der Waals surface area contributed by atoms with Crippen molar-refractivity contribution in [1.29, 1.82) is 0 Å². The Morgan fingerprint density at radius 1 is 1.27 bits per heavy atom. The molecule has 0 amide bonds. The highest BCUT2D eigenvalue weighted by Gasteiger charge is 2.28. The van der Waals surface area contributed by atoms with E-state index in [2.05, 4.69) is 4.74 Å². The minimum absolute atomic E-state index is 0.0330. The van der Waals surface area contributed by atoms with Gasteiger partial charge >= 0.3 is 6.16 Å². The lowest BCUT2D eigenvalue weighted by molar-refractivity contribution is 0.120. The van der Waals surface area contributed by atoms with Gasteiger partial charge in [0.15, 0.2) is 0 Å². The zero-order valence-electron chi connectivity index (χ0n) is 14.8. The standard InChI is InChI=1S/C20H21FO5/c1-12-8-15(13-6-7-13)19(9-17(12)21)25-11-16-14(10-22)4-3-5-18(16)26-20(23)24-2/h3-5,8-9,13,22H,6-7,10-11H2,1-2H3. The van der Waals surface area contributed by atoms with Gasteiger partial charge in [0.25, 0.3) is 0 Å². The van der Waals surface area contributed by atoms with Gasteiger partial charge in [0.2, 0.25) is 0 Å². The fourth-order valence-electron chi connectivity index (χ4n) is 2.82. The Morgan fingerprint density at radius 2 is 2.04 bits per heavy atom. The van der Waals surface area contributed by atoms with Crippen LogP contribution in [0.3, 0.4) is 0 Å². The van der Waals surface area contributed by atoms with Crippen molar-refractivity contribution >= 4 is 6.16 Å². The summed E-state index contributed by atoms with van der Waals surface area (Å²) >= 11 is 0. The van der Waals surface area contributed by atoms with Crippen LogP contribution in [0.25, 0.3) is 0 Å². The van der Waals surface area contributed by atoms with E-state index >= 15 is 0 Å². The van der Waals surface area contributed by atoms with Crippen LogP contribution in [0.2, 0.25) is 0 Å². The number of aliphatic hydroxyl groups excluding tert-OH is 1. The molecular formula is C20H21FO5. The Kier molecular flexibility index (Phi) is 5.42. The van der Waals surface area contributed by atoms with Crippen molar-refractivity contribution in [2.24, 2.45) is 0 Å². The first-order valence-corrected chi connectivity index (χ1v) is 8.43. The summed E-state index contributed by atoms with van der Waals surface area (Å²) in [5.74, 6) is 0.783. The first kappa shape index (κ1) is 18.2. The van der Waals surface area contributed by atoms with Gasteiger partial charge in [-0.25, -0.2) is 9.18 Å². The van der Waals surface area contributed by atoms with E-state index in [1.54, 1.807) is 25.1 Å². The number of aliphatic hydroxyl groups is 1. The summed E-state index contributed by atoms with van der Waals surface area (Å²) in [6.07, 6.45) is 1.26. The quantitative estimate of drug-likeness (QED) is 0.617. The molecule has 0 aromatic heterocycles. The van der Waals surface area contributed by atoms with Crippen molar-refractivity contribution in [3.05, 3.63) is 58.4 Å². The van der Waals surface area contributed by atoms with Crippen molar-refractivity contribution in [2.75, 3.05) is 7.11 Å². The number of aryl methyl sites for hydroxylation is 1. The molecule has 0 atom stereocenters. The number of halogens is 1. The SMILES string of the molecule is COC(=O)Oc1cccc(CO)c1COc1cc(F)c(C)cc1C1CC1. The van der Waals surface area contributed by atoms with E-state index < -0.39 is 6.16 Å². The summed E-state index contributed by atoms with van der Waals surface area (Å²) in [7, 11) is 1.21. The number of rotatable bonds is 6. The summed E-state index contributed by atoms with van der Waals surface area (Å²) in [4.78, 5) is 11.4. The van der Waals surface area contributed by atoms with Gasteiger partial charge < -0.3 is 19.3 Å². The number of methoxy groups -OCH3 is 1. The molecule has 6 heteroatoms. The molecule has 26 heavy (non-hydrogen) atoms. The summed E-state index contributed by atoms with van der Waals surface area (Å²) in [6, 6.07) is 8.18. The topological polar surface area (TPSA) is 65.0 Å². The van der Waals surface area contributed by atoms with E-state index in [0.29, 0.717) is 28.4 Å². The van der Waals surface area contributed by atoms with Crippen LogP contribution < -0.4 is 9.47 Å². The number of hydrogen-bond acceptors (Lipinski definition) is 5. The van der Waals surface area contributed by atoms with Crippen LogP contribution in [-0.4, -0.2) is 18.4 Å². The summed E-state index contributed by atoms with van der Waals surface area (Å²) in [5, 5.41) is 9.58. The molecule has 3 rings (SSSR count). The molecule has 0 heterocycles. The van der Waals surface area contributed by atoms with Gasteiger partial charge in [0.1, 0.15) is 23.9 Å². The van der Waals surface area contributed by atoms with Crippen molar-refractivity contribution in [2.45, 2.75) is 38.9 Å². The third-order valence-corrected chi connectivity index (χ3v) is 4.44. The van der Waals surface area contributed by atoms with Crippen LogP contribution in [0, 0.1) is 12.7 Å². The Morgan fingerprint density at radius 3 is 2.69 bits per heavy atom. The zero-order chi connectivity index (χ0) is 18.7. The lowest BCUT2D eigenvalue weighted by atomic mass is 10.1. The maximum absolute atomic E-state index is 14.0. The molecule has 2 aromatic rings. The predicted octanol–water partition coefficient (Wildman–Crippen LogP) is 4.23. The van der Waals surface area contributed by atoms with Crippen molar-refractivity contribution in [1.82, 2.24) is 0 Å². The number of carbonyl (C=O) groups is 1. The molecule has 0 spiro atoms. The number of carbonyl (C=O) groups excluding carboxylic acids is 1. The maximum Gasteiger partial charge on any atom is 0.513 e. The lowest BCUT2D eigenvalue weighted by Crippen LogP contribution is -2.11. The summed E-state index contributed by atoms with van der Waals surface area (Å²) in [5.41, 5.74) is 2.65. The third-order valence-electron chi connectivity index (χ3n) is 4.44. The molecular weight excluding hydrogens is 339 g/mol. The average Bonchev–Trinajstić information content (AvgIpc) is 3.47.